The predicted molar refractivity (Wildman–Crippen MR) is 77.2 cm³/mol. The van der Waals surface area contributed by atoms with Crippen LogP contribution in [0.2, 0.25) is 0 Å². The average molecular weight is 303 g/mol. The van der Waals surface area contributed by atoms with E-state index in [9.17, 15) is 8.42 Å². The van der Waals surface area contributed by atoms with Crippen molar-refractivity contribution in [3.63, 3.8) is 0 Å². The first kappa shape index (κ1) is 14.7. The van der Waals surface area contributed by atoms with Crippen molar-refractivity contribution in [2.75, 3.05) is 53.4 Å². The van der Waals surface area contributed by atoms with Crippen molar-refractivity contribution in [2.24, 2.45) is 0 Å². The van der Waals surface area contributed by atoms with E-state index in [2.05, 4.69) is 23.9 Å². The Hall–Kier alpha value is -0.210. The summed E-state index contributed by atoms with van der Waals surface area (Å²) >= 11 is 0. The molecule has 0 radical (unpaired) electrons. The standard InChI is InChI=1S/C13H25N3O3S/c1-14(2)5-6-15-7-8-19-13-10-16(9-12(13)15)20(17,18)11-3-4-11/h11-13H,3-10H2,1-2H3/t12-,13+/m0/s1. The van der Waals surface area contributed by atoms with Crippen molar-refractivity contribution >= 4 is 10.0 Å². The summed E-state index contributed by atoms with van der Waals surface area (Å²) in [6.45, 7) is 4.75. The number of hydrogen-bond acceptors (Lipinski definition) is 5. The molecule has 1 saturated carbocycles. The highest BCUT2D eigenvalue weighted by Gasteiger charge is 2.48. The van der Waals surface area contributed by atoms with Crippen LogP contribution in [-0.4, -0.2) is 93.3 Å². The fourth-order valence-electron chi connectivity index (χ4n) is 3.12. The summed E-state index contributed by atoms with van der Waals surface area (Å²) in [6.07, 6.45) is 1.72. The summed E-state index contributed by atoms with van der Waals surface area (Å²) in [7, 11) is 1.07. The molecule has 2 aliphatic heterocycles. The van der Waals surface area contributed by atoms with Gasteiger partial charge in [0.15, 0.2) is 0 Å². The zero-order valence-corrected chi connectivity index (χ0v) is 13.2. The lowest BCUT2D eigenvalue weighted by molar-refractivity contribution is -0.0481. The van der Waals surface area contributed by atoms with E-state index >= 15 is 0 Å². The summed E-state index contributed by atoms with van der Waals surface area (Å²) in [5.74, 6) is 0. The lowest BCUT2D eigenvalue weighted by Crippen LogP contribution is -2.52. The quantitative estimate of drug-likeness (QED) is 0.680. The minimum Gasteiger partial charge on any atom is -0.374 e. The van der Waals surface area contributed by atoms with Gasteiger partial charge < -0.3 is 9.64 Å². The molecule has 0 unspecified atom stereocenters. The molecule has 3 rings (SSSR count). The molecule has 2 atom stereocenters. The van der Waals surface area contributed by atoms with Gasteiger partial charge in [-0.25, -0.2) is 8.42 Å². The average Bonchev–Trinajstić information content (AvgIpc) is 3.15. The molecular formula is C13H25N3O3S. The smallest absolute Gasteiger partial charge is 0.217 e. The van der Waals surface area contributed by atoms with E-state index < -0.39 is 10.0 Å². The number of ether oxygens (including phenoxy) is 1. The van der Waals surface area contributed by atoms with Crippen LogP contribution < -0.4 is 0 Å². The largest absolute Gasteiger partial charge is 0.374 e. The minimum absolute atomic E-state index is 0.0550. The highest BCUT2D eigenvalue weighted by Crippen LogP contribution is 2.34. The molecular weight excluding hydrogens is 278 g/mol. The number of fused-ring (bicyclic) bond motifs is 1. The maximum Gasteiger partial charge on any atom is 0.217 e. The highest BCUT2D eigenvalue weighted by molar-refractivity contribution is 7.90. The van der Waals surface area contributed by atoms with Gasteiger partial charge in [-0.3, -0.25) is 4.90 Å². The number of rotatable bonds is 5. The number of hydrogen-bond donors (Lipinski definition) is 0. The van der Waals surface area contributed by atoms with E-state index in [-0.39, 0.29) is 17.4 Å². The normalized spacial score (nSPS) is 32.8. The second-order valence-corrected chi connectivity index (χ2v) is 8.59. The monoisotopic (exact) mass is 303 g/mol. The molecule has 3 aliphatic rings. The van der Waals surface area contributed by atoms with Gasteiger partial charge in [0.1, 0.15) is 0 Å². The first-order valence-corrected chi connectivity index (χ1v) is 8.98. The Morgan fingerprint density at radius 3 is 2.65 bits per heavy atom. The molecule has 0 aromatic rings. The van der Waals surface area contributed by atoms with Crippen LogP contribution in [0.5, 0.6) is 0 Å². The Labute approximate surface area is 121 Å². The molecule has 7 heteroatoms. The summed E-state index contributed by atoms with van der Waals surface area (Å²) in [6, 6.07) is 0.234. The van der Waals surface area contributed by atoms with Crippen LogP contribution in [0.1, 0.15) is 12.8 Å². The third kappa shape index (κ3) is 2.87. The van der Waals surface area contributed by atoms with Crippen LogP contribution in [0, 0.1) is 0 Å². The fourth-order valence-corrected chi connectivity index (χ4v) is 4.98. The Kier molecular flexibility index (Phi) is 4.07. The van der Waals surface area contributed by atoms with Crippen LogP contribution in [0.3, 0.4) is 0 Å². The van der Waals surface area contributed by atoms with Crippen LogP contribution in [0.4, 0.5) is 0 Å². The van der Waals surface area contributed by atoms with Gasteiger partial charge in [0.2, 0.25) is 10.0 Å². The van der Waals surface area contributed by atoms with Gasteiger partial charge in [0.05, 0.1) is 24.0 Å². The second-order valence-electron chi connectivity index (χ2n) is 6.38. The zero-order valence-electron chi connectivity index (χ0n) is 12.4. The van der Waals surface area contributed by atoms with E-state index in [1.807, 2.05) is 0 Å². The molecule has 2 heterocycles. The number of likely N-dealkylation sites (N-methyl/N-ethyl adjacent to an activating group) is 1. The van der Waals surface area contributed by atoms with Gasteiger partial charge in [-0.05, 0) is 26.9 Å². The lowest BCUT2D eigenvalue weighted by atomic mass is 10.1. The molecule has 6 nitrogen and oxygen atoms in total. The van der Waals surface area contributed by atoms with Crippen LogP contribution in [0.15, 0.2) is 0 Å². The summed E-state index contributed by atoms with van der Waals surface area (Å²) < 4.78 is 32.2. The zero-order chi connectivity index (χ0) is 14.3. The Morgan fingerprint density at radius 2 is 2.00 bits per heavy atom. The summed E-state index contributed by atoms with van der Waals surface area (Å²) in [4.78, 5) is 4.56. The molecule has 0 N–H and O–H groups in total. The first-order valence-electron chi connectivity index (χ1n) is 7.48. The van der Waals surface area contributed by atoms with Crippen molar-refractivity contribution in [3.05, 3.63) is 0 Å². The van der Waals surface area contributed by atoms with Crippen molar-refractivity contribution in [3.8, 4) is 0 Å². The van der Waals surface area contributed by atoms with Gasteiger partial charge >= 0.3 is 0 Å². The van der Waals surface area contributed by atoms with Gasteiger partial charge in [-0.1, -0.05) is 0 Å². The maximum atomic E-state index is 12.4. The topological polar surface area (TPSA) is 53.1 Å². The fraction of sp³-hybridized carbons (Fsp3) is 1.00. The maximum absolute atomic E-state index is 12.4. The van der Waals surface area contributed by atoms with E-state index in [1.54, 1.807) is 4.31 Å². The Bertz CT molecular complexity index is 450. The Balaban J connectivity index is 1.65. The number of morpholine rings is 1. The minimum atomic E-state index is -3.06. The SMILES string of the molecule is CN(C)CCN1CCO[C@@H]2CN(S(=O)(=O)C3CC3)C[C@@H]21. The molecule has 3 fully saturated rings. The van der Waals surface area contributed by atoms with Gasteiger partial charge in [-0.2, -0.15) is 4.31 Å². The lowest BCUT2D eigenvalue weighted by Gasteiger charge is -2.37. The van der Waals surface area contributed by atoms with Crippen molar-refractivity contribution in [1.82, 2.24) is 14.1 Å². The molecule has 0 aromatic heterocycles. The summed E-state index contributed by atoms with van der Waals surface area (Å²) in [5.41, 5.74) is 0. The van der Waals surface area contributed by atoms with Crippen molar-refractivity contribution in [1.29, 1.82) is 0 Å². The second kappa shape index (κ2) is 5.53. The van der Waals surface area contributed by atoms with E-state index in [0.29, 0.717) is 19.7 Å². The van der Waals surface area contributed by atoms with Crippen LogP contribution >= 0.6 is 0 Å². The Morgan fingerprint density at radius 1 is 1.25 bits per heavy atom. The predicted octanol–water partition coefficient (Wildman–Crippen LogP) is -0.575. The summed E-state index contributed by atoms with van der Waals surface area (Å²) in [5, 5.41) is -0.113. The molecule has 0 spiro atoms. The molecule has 0 bridgehead atoms. The molecule has 116 valence electrons. The van der Waals surface area contributed by atoms with Gasteiger partial charge in [-0.15, -0.1) is 0 Å². The first-order chi connectivity index (χ1) is 9.48. The van der Waals surface area contributed by atoms with Crippen molar-refractivity contribution < 1.29 is 13.2 Å². The van der Waals surface area contributed by atoms with E-state index in [4.69, 9.17) is 4.74 Å². The van der Waals surface area contributed by atoms with E-state index in [0.717, 1.165) is 32.5 Å². The van der Waals surface area contributed by atoms with Gasteiger partial charge in [0, 0.05) is 32.7 Å². The molecule has 20 heavy (non-hydrogen) atoms. The third-order valence-electron chi connectivity index (χ3n) is 4.52. The van der Waals surface area contributed by atoms with Gasteiger partial charge in [0.25, 0.3) is 0 Å². The highest BCUT2D eigenvalue weighted by atomic mass is 32.2. The molecule has 2 saturated heterocycles. The third-order valence-corrected chi connectivity index (χ3v) is 6.85. The van der Waals surface area contributed by atoms with Crippen LogP contribution in [-0.2, 0) is 14.8 Å². The number of nitrogens with zero attached hydrogens (tertiary/aromatic N) is 3. The number of sulfonamides is 1. The van der Waals surface area contributed by atoms with Crippen molar-refractivity contribution in [2.45, 2.75) is 30.2 Å². The molecule has 1 aliphatic carbocycles. The van der Waals surface area contributed by atoms with Crippen LogP contribution in [0.25, 0.3) is 0 Å². The molecule has 0 aromatic carbocycles. The van der Waals surface area contributed by atoms with E-state index in [1.165, 1.54) is 0 Å². The molecule has 0 amide bonds.